The van der Waals surface area contributed by atoms with Gasteiger partial charge in [0.1, 0.15) is 12.1 Å². The molecule has 4 aliphatic rings. The number of ketones is 1. The highest BCUT2D eigenvalue weighted by atomic mass is 16.6. The van der Waals surface area contributed by atoms with E-state index in [4.69, 9.17) is 9.47 Å². The molecule has 0 spiro atoms. The fraction of sp³-hybridized carbons (Fsp3) is 0.717. The summed E-state index contributed by atoms with van der Waals surface area (Å²) in [6.07, 6.45) is 16.9. The Morgan fingerprint density at radius 3 is 2.32 bits per heavy atom. The third-order valence-corrected chi connectivity index (χ3v) is 13.0. The Morgan fingerprint density at radius 1 is 0.893 bits per heavy atom. The van der Waals surface area contributed by atoms with E-state index in [0.29, 0.717) is 56.4 Å². The highest BCUT2D eigenvalue weighted by Gasteiger charge is 2.53. The van der Waals surface area contributed by atoms with Gasteiger partial charge in [-0.1, -0.05) is 76.3 Å². The van der Waals surface area contributed by atoms with E-state index >= 15 is 0 Å². The van der Waals surface area contributed by atoms with Gasteiger partial charge < -0.3 is 34.8 Å². The van der Waals surface area contributed by atoms with Gasteiger partial charge in [-0.25, -0.2) is 4.79 Å². The summed E-state index contributed by atoms with van der Waals surface area (Å²) in [6, 6.07) is -0.999. The topological polar surface area (TPSA) is 154 Å². The lowest BCUT2D eigenvalue weighted by Crippen LogP contribution is -2.60. The second kappa shape index (κ2) is 21.2. The number of rotatable bonds is 3. The third-order valence-electron chi connectivity index (χ3n) is 13.0. The third kappa shape index (κ3) is 12.6. The van der Waals surface area contributed by atoms with Gasteiger partial charge in [-0.2, -0.15) is 0 Å². The van der Waals surface area contributed by atoms with Crippen LogP contribution in [0.15, 0.2) is 59.8 Å². The molecule has 2 bridgehead atoms. The van der Waals surface area contributed by atoms with E-state index in [0.717, 1.165) is 49.7 Å². The quantitative estimate of drug-likeness (QED) is 0.134. The number of allylic oxidation sites excluding steroid dienone is 5. The summed E-state index contributed by atoms with van der Waals surface area (Å²) in [5, 5.41) is 44.1. The average molecular weight is 782 g/mol. The summed E-state index contributed by atoms with van der Waals surface area (Å²) in [6.45, 7) is 16.2. The van der Waals surface area contributed by atoms with Crippen molar-refractivity contribution in [3.8, 4) is 0 Å². The van der Waals surface area contributed by atoms with Crippen LogP contribution in [-0.2, 0) is 23.9 Å². The number of fused-ring (bicyclic) bond motifs is 3. The van der Waals surface area contributed by atoms with Crippen molar-refractivity contribution in [3.63, 3.8) is 0 Å². The molecule has 3 heterocycles. The Balaban J connectivity index is 1.63. The van der Waals surface area contributed by atoms with Gasteiger partial charge in [0.15, 0.2) is 0 Å². The molecular weight excluding hydrogens is 711 g/mol. The van der Waals surface area contributed by atoms with Crippen molar-refractivity contribution in [3.05, 3.63) is 59.8 Å². The van der Waals surface area contributed by atoms with Crippen LogP contribution in [0.3, 0.4) is 0 Å². The summed E-state index contributed by atoms with van der Waals surface area (Å²) in [5.74, 6) is -4.95. The number of Topliss-reactive ketones (excluding diaryl/α,β-unsaturated/α-hetero) is 1. The van der Waals surface area contributed by atoms with E-state index in [9.17, 15) is 34.8 Å². The van der Waals surface area contributed by atoms with Crippen molar-refractivity contribution in [2.75, 3.05) is 6.54 Å². The van der Waals surface area contributed by atoms with Crippen molar-refractivity contribution in [1.29, 1.82) is 0 Å². The molecule has 4 N–H and O–H groups in total. The molecule has 10 nitrogen and oxygen atoms in total. The molecule has 314 valence electrons. The van der Waals surface area contributed by atoms with Crippen LogP contribution in [0.25, 0.3) is 0 Å². The minimum atomic E-state index is -2.40. The maximum atomic E-state index is 14.1. The molecule has 0 aromatic rings. The first-order chi connectivity index (χ1) is 26.5. The molecule has 56 heavy (non-hydrogen) atoms. The summed E-state index contributed by atoms with van der Waals surface area (Å²) in [5.41, 5.74) is 2.43. The van der Waals surface area contributed by atoms with Crippen molar-refractivity contribution in [1.82, 2.24) is 4.90 Å². The zero-order valence-electron chi connectivity index (χ0n) is 34.9. The van der Waals surface area contributed by atoms with Crippen LogP contribution in [0.2, 0.25) is 0 Å². The molecule has 1 saturated carbocycles. The van der Waals surface area contributed by atoms with Crippen molar-refractivity contribution in [2.24, 2.45) is 29.6 Å². The molecule has 10 heteroatoms. The van der Waals surface area contributed by atoms with Crippen LogP contribution < -0.4 is 0 Å². The second-order valence-corrected chi connectivity index (χ2v) is 17.7. The normalized spacial score (nSPS) is 40.5. The fourth-order valence-corrected chi connectivity index (χ4v) is 8.81. The van der Waals surface area contributed by atoms with Gasteiger partial charge in [0.05, 0.1) is 24.4 Å². The number of aliphatic hydroxyl groups excluding tert-OH is 3. The lowest BCUT2D eigenvalue weighted by Gasteiger charge is -2.42. The molecule has 0 radical (unpaired) electrons. The smallest absolute Gasteiger partial charge is 0.329 e. The molecule has 3 aliphatic heterocycles. The summed E-state index contributed by atoms with van der Waals surface area (Å²) < 4.78 is 12.3. The van der Waals surface area contributed by atoms with Crippen LogP contribution >= 0.6 is 0 Å². The molecule has 0 aromatic heterocycles. The lowest BCUT2D eigenvalue weighted by atomic mass is 9.80. The highest BCUT2D eigenvalue weighted by Crippen LogP contribution is 2.37. The van der Waals surface area contributed by atoms with E-state index in [1.807, 2.05) is 44.2 Å². The number of esters is 1. The minimum absolute atomic E-state index is 0.0480. The first-order valence-corrected chi connectivity index (χ1v) is 21.4. The Bertz CT molecular complexity index is 1470. The lowest BCUT2D eigenvalue weighted by molar-refractivity contribution is -0.265. The Hall–Kier alpha value is -2.89. The molecule has 4 rings (SSSR count). The summed E-state index contributed by atoms with van der Waals surface area (Å²) in [7, 11) is 0. The van der Waals surface area contributed by atoms with E-state index in [2.05, 4.69) is 33.4 Å². The zero-order valence-corrected chi connectivity index (χ0v) is 34.9. The molecule has 1 aliphatic carbocycles. The number of hydrogen-bond acceptors (Lipinski definition) is 9. The standard InChI is InChI=1S/C46H71NO9/c1-29-13-9-8-10-14-30(2)41(50)28-38-22-17-35(7)46(54,56-38)43(51)44(52)47-24-12-11-15-39(47)45(53)55-42(34(6)26-36-18-20-37(48)21-19-36)23-16-31(3)40(49)27-33(5)32(4)25-29/h8-10,13-14,16,29,32,34-42,48-50,54H,5,11-12,15,17-28H2,1-4,6-7H3/b10-8+,13-9+,30-14+,31-16+/t29-,32-,34-,35-,36?,37?,38+,39+,40+,41+,42+,46-/m1/s1. The molecular formula is C46H71NO9. The van der Waals surface area contributed by atoms with Gasteiger partial charge in [0, 0.05) is 25.3 Å². The fourth-order valence-electron chi connectivity index (χ4n) is 8.81. The van der Waals surface area contributed by atoms with Gasteiger partial charge >= 0.3 is 5.97 Å². The number of hydrogen-bond donors (Lipinski definition) is 4. The van der Waals surface area contributed by atoms with Crippen LogP contribution in [0.1, 0.15) is 131 Å². The van der Waals surface area contributed by atoms with E-state index in [1.54, 1.807) is 6.92 Å². The molecule has 0 unspecified atom stereocenters. The number of ether oxygens (including phenoxy) is 2. The number of cyclic esters (lactones) is 1. The zero-order chi connectivity index (χ0) is 41.2. The van der Waals surface area contributed by atoms with Gasteiger partial charge in [-0.3, -0.25) is 9.59 Å². The van der Waals surface area contributed by atoms with E-state index in [-0.39, 0.29) is 36.8 Å². The predicted molar refractivity (Wildman–Crippen MR) is 218 cm³/mol. The molecule has 0 aromatic carbocycles. The van der Waals surface area contributed by atoms with Gasteiger partial charge in [0.2, 0.25) is 5.79 Å². The Labute approximate surface area is 335 Å². The van der Waals surface area contributed by atoms with Gasteiger partial charge in [-0.15, -0.1) is 0 Å². The summed E-state index contributed by atoms with van der Waals surface area (Å²) in [4.78, 5) is 43.4. The van der Waals surface area contributed by atoms with Gasteiger partial charge in [-0.05, 0) is 126 Å². The largest absolute Gasteiger partial charge is 0.460 e. The Morgan fingerprint density at radius 2 is 1.61 bits per heavy atom. The maximum Gasteiger partial charge on any atom is 0.329 e. The molecule has 2 saturated heterocycles. The first-order valence-electron chi connectivity index (χ1n) is 21.4. The first kappa shape index (κ1) is 45.8. The number of nitrogens with zero attached hydrogens (tertiary/aromatic N) is 1. The number of piperidine rings is 1. The number of aliphatic hydroxyl groups is 4. The van der Waals surface area contributed by atoms with Crippen LogP contribution in [-0.4, -0.2) is 91.9 Å². The number of carbonyl (C=O) groups is 3. The molecule has 10 atom stereocenters. The second-order valence-electron chi connectivity index (χ2n) is 17.7. The van der Waals surface area contributed by atoms with Crippen LogP contribution in [0.4, 0.5) is 0 Å². The average Bonchev–Trinajstić information content (AvgIpc) is 3.17. The van der Waals surface area contributed by atoms with Crippen LogP contribution in [0.5, 0.6) is 0 Å². The van der Waals surface area contributed by atoms with Crippen molar-refractivity contribution >= 4 is 17.7 Å². The monoisotopic (exact) mass is 782 g/mol. The van der Waals surface area contributed by atoms with E-state index < -0.39 is 59.8 Å². The summed E-state index contributed by atoms with van der Waals surface area (Å²) >= 11 is 0. The molecule has 3 fully saturated rings. The maximum absolute atomic E-state index is 14.1. The SMILES string of the molecule is C=C1C[C@H](O)/C(C)=C/C[C@@H]([C@H](C)CC2CCC(O)CC2)OC(=O)[C@@H]2CCCCN2C(=O)C(=O)[C@]2(O)O[C@@H](CC[C@H]2C)C[C@H](O)/C(C)=C/C=C/C=C/[C@@H](C)C[C@H]1C. The minimum Gasteiger partial charge on any atom is -0.460 e. The molecule has 1 amide bonds. The Kier molecular flexibility index (Phi) is 17.4. The number of carbonyl (C=O) groups excluding carboxylic acids is 3. The van der Waals surface area contributed by atoms with Crippen molar-refractivity contribution < 1.29 is 44.3 Å². The van der Waals surface area contributed by atoms with Gasteiger partial charge in [0.25, 0.3) is 11.7 Å². The van der Waals surface area contributed by atoms with Crippen molar-refractivity contribution in [2.45, 2.75) is 174 Å². The van der Waals surface area contributed by atoms with Crippen LogP contribution in [0, 0.1) is 29.6 Å². The predicted octanol–water partition coefficient (Wildman–Crippen LogP) is 7.06. The van der Waals surface area contributed by atoms with E-state index in [1.165, 1.54) is 4.90 Å². The highest BCUT2D eigenvalue weighted by molar-refractivity contribution is 6.39. The number of amides is 1.